The first-order valence-corrected chi connectivity index (χ1v) is 7.78. The van der Waals surface area contributed by atoms with Gasteiger partial charge < -0.3 is 15.2 Å². The second kappa shape index (κ2) is 9.76. The van der Waals surface area contributed by atoms with Gasteiger partial charge in [0, 0.05) is 19.8 Å². The molecule has 0 bridgehead atoms. The van der Waals surface area contributed by atoms with Crippen molar-refractivity contribution < 1.29 is 9.84 Å². The Bertz CT molecular complexity index is 189. The van der Waals surface area contributed by atoms with E-state index in [4.69, 9.17) is 4.74 Å². The molecular weight excluding hydrogens is 226 g/mol. The van der Waals surface area contributed by atoms with Crippen molar-refractivity contribution in [2.75, 3.05) is 26.3 Å². The number of unbranched alkanes of at least 4 members (excludes halogenated alkanes) is 1. The van der Waals surface area contributed by atoms with Gasteiger partial charge in [0.2, 0.25) is 0 Å². The molecule has 18 heavy (non-hydrogen) atoms. The molecule has 3 heteroatoms. The van der Waals surface area contributed by atoms with E-state index in [1.807, 2.05) is 0 Å². The molecule has 0 amide bonds. The zero-order chi connectivity index (χ0) is 13.1. The van der Waals surface area contributed by atoms with Gasteiger partial charge in [0.1, 0.15) is 0 Å². The van der Waals surface area contributed by atoms with Crippen LogP contribution in [-0.4, -0.2) is 37.0 Å². The Labute approximate surface area is 112 Å². The van der Waals surface area contributed by atoms with Gasteiger partial charge >= 0.3 is 0 Å². The third-order valence-electron chi connectivity index (χ3n) is 3.77. The van der Waals surface area contributed by atoms with Crippen molar-refractivity contribution in [3.63, 3.8) is 0 Å². The number of rotatable bonds is 9. The SMILES string of the molecule is CCCCOCCCNCC1(O)CCCCCC1. The highest BCUT2D eigenvalue weighted by atomic mass is 16.5. The lowest BCUT2D eigenvalue weighted by molar-refractivity contribution is 0.0247. The number of aliphatic hydroxyl groups is 1. The topological polar surface area (TPSA) is 41.5 Å². The molecule has 1 rings (SSSR count). The van der Waals surface area contributed by atoms with Crippen LogP contribution >= 0.6 is 0 Å². The van der Waals surface area contributed by atoms with E-state index >= 15 is 0 Å². The maximum atomic E-state index is 10.4. The molecule has 0 aromatic rings. The Morgan fingerprint density at radius 1 is 1.06 bits per heavy atom. The summed E-state index contributed by atoms with van der Waals surface area (Å²) >= 11 is 0. The van der Waals surface area contributed by atoms with Crippen LogP contribution < -0.4 is 5.32 Å². The molecule has 2 N–H and O–H groups in total. The van der Waals surface area contributed by atoms with Crippen LogP contribution in [0.2, 0.25) is 0 Å². The quantitative estimate of drug-likeness (QED) is 0.493. The van der Waals surface area contributed by atoms with Crippen LogP contribution in [0.4, 0.5) is 0 Å². The molecule has 0 aliphatic heterocycles. The Morgan fingerprint density at radius 3 is 2.39 bits per heavy atom. The van der Waals surface area contributed by atoms with Crippen molar-refractivity contribution in [1.29, 1.82) is 0 Å². The van der Waals surface area contributed by atoms with Crippen molar-refractivity contribution in [2.45, 2.75) is 70.3 Å². The average Bonchev–Trinajstić information content (AvgIpc) is 2.58. The van der Waals surface area contributed by atoms with Crippen molar-refractivity contribution in [1.82, 2.24) is 5.32 Å². The first kappa shape index (κ1) is 15.9. The molecular formula is C15H31NO2. The van der Waals surface area contributed by atoms with Gasteiger partial charge in [0.05, 0.1) is 5.60 Å². The van der Waals surface area contributed by atoms with Crippen LogP contribution in [-0.2, 0) is 4.74 Å². The van der Waals surface area contributed by atoms with Gasteiger partial charge in [-0.05, 0) is 32.2 Å². The van der Waals surface area contributed by atoms with E-state index in [1.54, 1.807) is 0 Å². The summed E-state index contributed by atoms with van der Waals surface area (Å²) < 4.78 is 5.51. The normalized spacial score (nSPS) is 19.7. The van der Waals surface area contributed by atoms with Gasteiger partial charge in [-0.2, -0.15) is 0 Å². The molecule has 108 valence electrons. The van der Waals surface area contributed by atoms with Crippen LogP contribution in [0.3, 0.4) is 0 Å². The Balaban J connectivity index is 1.95. The van der Waals surface area contributed by atoms with Crippen molar-refractivity contribution >= 4 is 0 Å². The highest BCUT2D eigenvalue weighted by Gasteiger charge is 2.26. The number of hydrogen-bond donors (Lipinski definition) is 2. The largest absolute Gasteiger partial charge is 0.389 e. The molecule has 0 heterocycles. The van der Waals surface area contributed by atoms with Gasteiger partial charge in [0.15, 0.2) is 0 Å². The molecule has 1 saturated carbocycles. The Kier molecular flexibility index (Phi) is 8.64. The van der Waals surface area contributed by atoms with Gasteiger partial charge in [-0.25, -0.2) is 0 Å². The second-order valence-corrected chi connectivity index (χ2v) is 5.63. The molecule has 0 aromatic carbocycles. The summed E-state index contributed by atoms with van der Waals surface area (Å²) in [6.07, 6.45) is 10.3. The summed E-state index contributed by atoms with van der Waals surface area (Å²) in [5.74, 6) is 0. The van der Waals surface area contributed by atoms with E-state index in [2.05, 4.69) is 12.2 Å². The average molecular weight is 257 g/mol. The lowest BCUT2D eigenvalue weighted by atomic mass is 9.94. The summed E-state index contributed by atoms with van der Waals surface area (Å²) in [4.78, 5) is 0. The maximum Gasteiger partial charge on any atom is 0.0771 e. The standard InChI is InChI=1S/C15H31NO2/c1-2-3-12-18-13-8-11-16-14-15(17)9-6-4-5-7-10-15/h16-17H,2-14H2,1H3. The lowest BCUT2D eigenvalue weighted by Crippen LogP contribution is -2.40. The number of ether oxygens (including phenoxy) is 1. The number of nitrogens with one attached hydrogen (secondary N) is 1. The highest BCUT2D eigenvalue weighted by molar-refractivity contribution is 4.83. The molecule has 0 atom stereocenters. The third kappa shape index (κ3) is 7.34. The minimum absolute atomic E-state index is 0.445. The molecule has 0 spiro atoms. The highest BCUT2D eigenvalue weighted by Crippen LogP contribution is 2.26. The summed E-state index contributed by atoms with van der Waals surface area (Å²) in [7, 11) is 0. The van der Waals surface area contributed by atoms with E-state index in [0.29, 0.717) is 0 Å². The first-order chi connectivity index (χ1) is 8.77. The zero-order valence-electron chi connectivity index (χ0n) is 12.0. The van der Waals surface area contributed by atoms with Crippen LogP contribution in [0.15, 0.2) is 0 Å². The molecule has 0 saturated heterocycles. The van der Waals surface area contributed by atoms with Gasteiger partial charge in [-0.15, -0.1) is 0 Å². The van der Waals surface area contributed by atoms with Crippen LogP contribution in [0.25, 0.3) is 0 Å². The molecule has 0 aromatic heterocycles. The lowest BCUT2D eigenvalue weighted by Gasteiger charge is -2.26. The first-order valence-electron chi connectivity index (χ1n) is 7.78. The fourth-order valence-corrected chi connectivity index (χ4v) is 2.53. The summed E-state index contributed by atoms with van der Waals surface area (Å²) in [5.41, 5.74) is -0.445. The van der Waals surface area contributed by atoms with Crippen LogP contribution in [0.5, 0.6) is 0 Å². The van der Waals surface area contributed by atoms with Gasteiger partial charge in [-0.1, -0.05) is 39.0 Å². The summed E-state index contributed by atoms with van der Waals surface area (Å²) in [6.45, 7) is 5.61. The zero-order valence-corrected chi connectivity index (χ0v) is 12.0. The van der Waals surface area contributed by atoms with Gasteiger partial charge in [-0.3, -0.25) is 0 Å². The molecule has 3 nitrogen and oxygen atoms in total. The molecule has 0 unspecified atom stereocenters. The predicted octanol–water partition coefficient (Wildman–Crippen LogP) is 2.87. The number of hydrogen-bond acceptors (Lipinski definition) is 3. The Hall–Kier alpha value is -0.120. The molecule has 1 fully saturated rings. The maximum absolute atomic E-state index is 10.4. The van der Waals surface area contributed by atoms with Crippen molar-refractivity contribution in [3.05, 3.63) is 0 Å². The minimum Gasteiger partial charge on any atom is -0.389 e. The minimum atomic E-state index is -0.445. The van der Waals surface area contributed by atoms with Crippen LogP contribution in [0.1, 0.15) is 64.7 Å². The smallest absolute Gasteiger partial charge is 0.0771 e. The fraction of sp³-hybridized carbons (Fsp3) is 1.00. The van der Waals surface area contributed by atoms with Gasteiger partial charge in [0.25, 0.3) is 0 Å². The predicted molar refractivity (Wildman–Crippen MR) is 75.9 cm³/mol. The monoisotopic (exact) mass is 257 g/mol. The van der Waals surface area contributed by atoms with E-state index in [-0.39, 0.29) is 0 Å². The summed E-state index contributed by atoms with van der Waals surface area (Å²) in [5, 5.41) is 13.8. The molecule has 1 aliphatic carbocycles. The van der Waals surface area contributed by atoms with E-state index in [0.717, 1.165) is 52.0 Å². The van der Waals surface area contributed by atoms with E-state index in [9.17, 15) is 5.11 Å². The third-order valence-corrected chi connectivity index (χ3v) is 3.77. The van der Waals surface area contributed by atoms with Crippen molar-refractivity contribution in [3.8, 4) is 0 Å². The Morgan fingerprint density at radius 2 is 1.72 bits per heavy atom. The summed E-state index contributed by atoms with van der Waals surface area (Å²) in [6, 6.07) is 0. The fourth-order valence-electron chi connectivity index (χ4n) is 2.53. The molecule has 1 aliphatic rings. The van der Waals surface area contributed by atoms with E-state index < -0.39 is 5.60 Å². The molecule has 0 radical (unpaired) electrons. The van der Waals surface area contributed by atoms with E-state index in [1.165, 1.54) is 32.1 Å². The van der Waals surface area contributed by atoms with Crippen LogP contribution in [0, 0.1) is 0 Å². The van der Waals surface area contributed by atoms with Crippen molar-refractivity contribution in [2.24, 2.45) is 0 Å². The second-order valence-electron chi connectivity index (χ2n) is 5.63.